The number of hydrogen-bond donors (Lipinski definition) is 2. The first-order valence-corrected chi connectivity index (χ1v) is 8.01. The highest BCUT2D eigenvalue weighted by Crippen LogP contribution is 2.30. The molecule has 0 radical (unpaired) electrons. The topological polar surface area (TPSA) is 67.5 Å². The van der Waals surface area contributed by atoms with Crippen molar-refractivity contribution in [3.8, 4) is 0 Å². The van der Waals surface area contributed by atoms with Gasteiger partial charge in [-0.1, -0.05) is 36.8 Å². The highest BCUT2D eigenvalue weighted by atomic mass is 16.2. The lowest BCUT2D eigenvalue weighted by Gasteiger charge is -2.24. The third kappa shape index (κ3) is 3.77. The fourth-order valence-corrected chi connectivity index (χ4v) is 3.00. The number of carbonyl (C=O) groups is 1. The van der Waals surface area contributed by atoms with Gasteiger partial charge in [-0.05, 0) is 49.1 Å². The number of hydrogen-bond acceptors (Lipinski definition) is 3. The molecule has 0 saturated heterocycles. The van der Waals surface area contributed by atoms with Crippen LogP contribution in [0.2, 0.25) is 0 Å². The number of benzene rings is 2. The Bertz CT molecular complexity index is 692. The van der Waals surface area contributed by atoms with Gasteiger partial charge in [0.15, 0.2) is 0 Å². The molecule has 1 atom stereocenters. The molecule has 118 valence electrons. The standard InChI is InChI=1S/C19H21N3O/c20-16-12-10-15(11-13-16)19(23)22-21-18-9-5-4-8-17(18)14-6-2-1-3-7-14/h1-3,6-7,10-13,17H,4-5,8-9,20H2,(H,22,23)/b21-18-/t17-/m0/s1. The molecule has 1 saturated carbocycles. The van der Waals surface area contributed by atoms with E-state index in [1.165, 1.54) is 12.0 Å². The second-order valence-electron chi connectivity index (χ2n) is 5.88. The van der Waals surface area contributed by atoms with Crippen LogP contribution in [0.5, 0.6) is 0 Å². The second-order valence-corrected chi connectivity index (χ2v) is 5.88. The summed E-state index contributed by atoms with van der Waals surface area (Å²) in [6.45, 7) is 0. The predicted octanol–water partition coefficient (Wildman–Crippen LogP) is 3.71. The lowest BCUT2D eigenvalue weighted by molar-refractivity contribution is 0.0954. The highest BCUT2D eigenvalue weighted by molar-refractivity contribution is 5.97. The Morgan fingerprint density at radius 2 is 1.78 bits per heavy atom. The third-order valence-corrected chi connectivity index (χ3v) is 4.25. The average molecular weight is 307 g/mol. The summed E-state index contributed by atoms with van der Waals surface area (Å²) in [6.07, 6.45) is 4.34. The van der Waals surface area contributed by atoms with Crippen LogP contribution in [0, 0.1) is 0 Å². The van der Waals surface area contributed by atoms with Crippen LogP contribution < -0.4 is 11.2 Å². The van der Waals surface area contributed by atoms with Crippen molar-refractivity contribution >= 4 is 17.3 Å². The van der Waals surface area contributed by atoms with Crippen LogP contribution in [0.15, 0.2) is 59.7 Å². The Morgan fingerprint density at radius 1 is 1.04 bits per heavy atom. The highest BCUT2D eigenvalue weighted by Gasteiger charge is 2.22. The van der Waals surface area contributed by atoms with Gasteiger partial charge in [0.1, 0.15) is 0 Å². The van der Waals surface area contributed by atoms with E-state index in [1.807, 2.05) is 6.07 Å². The summed E-state index contributed by atoms with van der Waals surface area (Å²) in [4.78, 5) is 12.2. The maximum Gasteiger partial charge on any atom is 0.271 e. The Balaban J connectivity index is 1.74. The minimum Gasteiger partial charge on any atom is -0.399 e. The molecule has 0 heterocycles. The summed E-state index contributed by atoms with van der Waals surface area (Å²) in [5.74, 6) is 0.103. The Hall–Kier alpha value is -2.62. The molecule has 0 aromatic heterocycles. The molecule has 23 heavy (non-hydrogen) atoms. The summed E-state index contributed by atoms with van der Waals surface area (Å²) in [6, 6.07) is 17.2. The monoisotopic (exact) mass is 307 g/mol. The molecule has 1 aliphatic carbocycles. The van der Waals surface area contributed by atoms with Gasteiger partial charge in [-0.2, -0.15) is 5.10 Å². The second kappa shape index (κ2) is 7.09. The van der Waals surface area contributed by atoms with E-state index in [4.69, 9.17) is 5.73 Å². The van der Waals surface area contributed by atoms with Crippen molar-refractivity contribution in [2.24, 2.45) is 5.10 Å². The summed E-state index contributed by atoms with van der Waals surface area (Å²) >= 11 is 0. The lowest BCUT2D eigenvalue weighted by Crippen LogP contribution is -2.24. The van der Waals surface area contributed by atoms with Crippen LogP contribution >= 0.6 is 0 Å². The average Bonchev–Trinajstić information content (AvgIpc) is 2.61. The van der Waals surface area contributed by atoms with Crippen molar-refractivity contribution in [2.45, 2.75) is 31.6 Å². The van der Waals surface area contributed by atoms with E-state index in [-0.39, 0.29) is 5.91 Å². The SMILES string of the molecule is Nc1ccc(C(=O)N/N=C2/CCCC[C@H]2c2ccccc2)cc1. The first-order chi connectivity index (χ1) is 11.2. The molecule has 0 spiro atoms. The van der Waals surface area contributed by atoms with Gasteiger partial charge >= 0.3 is 0 Å². The Labute approximate surface area is 136 Å². The van der Waals surface area contributed by atoms with E-state index in [1.54, 1.807) is 24.3 Å². The smallest absolute Gasteiger partial charge is 0.271 e. The number of amides is 1. The van der Waals surface area contributed by atoms with Gasteiger partial charge in [0.2, 0.25) is 0 Å². The summed E-state index contributed by atoms with van der Waals surface area (Å²) in [5.41, 5.74) is 11.9. The van der Waals surface area contributed by atoms with Crippen molar-refractivity contribution in [1.82, 2.24) is 5.43 Å². The van der Waals surface area contributed by atoms with E-state index in [9.17, 15) is 4.79 Å². The Morgan fingerprint density at radius 3 is 2.52 bits per heavy atom. The maximum absolute atomic E-state index is 12.2. The molecule has 2 aromatic rings. The molecule has 0 unspecified atom stereocenters. The summed E-state index contributed by atoms with van der Waals surface area (Å²) < 4.78 is 0. The molecule has 4 heteroatoms. The molecule has 4 nitrogen and oxygen atoms in total. The first kappa shape index (κ1) is 15.3. The van der Waals surface area contributed by atoms with Gasteiger partial charge in [-0.3, -0.25) is 4.79 Å². The van der Waals surface area contributed by atoms with Crippen molar-refractivity contribution < 1.29 is 4.79 Å². The fourth-order valence-electron chi connectivity index (χ4n) is 3.00. The molecule has 2 aromatic carbocycles. The fraction of sp³-hybridized carbons (Fsp3) is 0.263. The van der Waals surface area contributed by atoms with Gasteiger partial charge in [0.05, 0.1) is 0 Å². The lowest BCUT2D eigenvalue weighted by atomic mass is 9.82. The van der Waals surface area contributed by atoms with Crippen LogP contribution in [-0.2, 0) is 0 Å². The van der Waals surface area contributed by atoms with E-state index >= 15 is 0 Å². The quantitative estimate of drug-likeness (QED) is 0.670. The Kier molecular flexibility index (Phi) is 4.71. The zero-order valence-electron chi connectivity index (χ0n) is 13.0. The van der Waals surface area contributed by atoms with Crippen LogP contribution in [-0.4, -0.2) is 11.6 Å². The number of hydrazone groups is 1. The molecule has 0 aliphatic heterocycles. The zero-order valence-corrected chi connectivity index (χ0v) is 13.0. The molecular formula is C19H21N3O. The number of carbonyl (C=O) groups excluding carboxylic acids is 1. The van der Waals surface area contributed by atoms with Crippen LogP contribution in [0.3, 0.4) is 0 Å². The van der Waals surface area contributed by atoms with E-state index < -0.39 is 0 Å². The van der Waals surface area contributed by atoms with Gasteiger partial charge in [-0.15, -0.1) is 0 Å². The van der Waals surface area contributed by atoms with Crippen LogP contribution in [0.4, 0.5) is 5.69 Å². The number of anilines is 1. The van der Waals surface area contributed by atoms with Gasteiger partial charge in [-0.25, -0.2) is 5.43 Å². The molecule has 0 bridgehead atoms. The van der Waals surface area contributed by atoms with Crippen molar-refractivity contribution in [2.75, 3.05) is 5.73 Å². The van der Waals surface area contributed by atoms with Crippen molar-refractivity contribution in [1.29, 1.82) is 0 Å². The number of rotatable bonds is 3. The summed E-state index contributed by atoms with van der Waals surface area (Å²) in [5, 5.41) is 4.43. The van der Waals surface area contributed by atoms with Gasteiger partial charge in [0, 0.05) is 22.9 Å². The van der Waals surface area contributed by atoms with Crippen molar-refractivity contribution in [3.05, 3.63) is 65.7 Å². The number of nitrogens with one attached hydrogen (secondary N) is 1. The molecular weight excluding hydrogens is 286 g/mol. The van der Waals surface area contributed by atoms with E-state index in [2.05, 4.69) is 34.8 Å². The van der Waals surface area contributed by atoms with Crippen LogP contribution in [0.25, 0.3) is 0 Å². The van der Waals surface area contributed by atoms with Crippen LogP contribution in [0.1, 0.15) is 47.5 Å². The summed E-state index contributed by atoms with van der Waals surface area (Å²) in [7, 11) is 0. The normalized spacial score (nSPS) is 19.5. The number of nitrogen functional groups attached to an aromatic ring is 1. The first-order valence-electron chi connectivity index (χ1n) is 8.01. The van der Waals surface area contributed by atoms with E-state index in [0.29, 0.717) is 17.2 Å². The number of nitrogens with zero attached hydrogens (tertiary/aromatic N) is 1. The third-order valence-electron chi connectivity index (χ3n) is 4.25. The molecule has 3 N–H and O–H groups in total. The zero-order chi connectivity index (χ0) is 16.1. The van der Waals surface area contributed by atoms with Gasteiger partial charge < -0.3 is 5.73 Å². The molecule has 1 amide bonds. The van der Waals surface area contributed by atoms with E-state index in [0.717, 1.165) is 25.0 Å². The van der Waals surface area contributed by atoms with Crippen molar-refractivity contribution in [3.63, 3.8) is 0 Å². The minimum atomic E-state index is -0.199. The minimum absolute atomic E-state index is 0.199. The molecule has 3 rings (SSSR count). The molecule has 1 fully saturated rings. The molecule has 1 aliphatic rings. The number of nitrogens with two attached hydrogens (primary N) is 1. The maximum atomic E-state index is 12.2. The largest absolute Gasteiger partial charge is 0.399 e. The van der Waals surface area contributed by atoms with Gasteiger partial charge in [0.25, 0.3) is 5.91 Å². The predicted molar refractivity (Wildman–Crippen MR) is 93.4 cm³/mol.